The molecule has 2 aromatic rings. The van der Waals surface area contributed by atoms with Gasteiger partial charge in [0.2, 0.25) is 0 Å². The SMILES string of the molecule is Cc1ccc(N)c(C(=O)Nc2cccc(Cl)c2F)c1. The minimum absolute atomic E-state index is 0.0263. The fourth-order valence-electron chi connectivity index (χ4n) is 1.66. The number of anilines is 2. The molecule has 19 heavy (non-hydrogen) atoms. The summed E-state index contributed by atoms with van der Waals surface area (Å²) in [6.07, 6.45) is 0. The maximum absolute atomic E-state index is 13.7. The Labute approximate surface area is 115 Å². The van der Waals surface area contributed by atoms with Gasteiger partial charge in [0.15, 0.2) is 5.82 Å². The largest absolute Gasteiger partial charge is 0.398 e. The number of aryl methyl sites for hydroxylation is 1. The summed E-state index contributed by atoms with van der Waals surface area (Å²) in [6, 6.07) is 9.48. The number of carbonyl (C=O) groups excluding carboxylic acids is 1. The number of benzene rings is 2. The summed E-state index contributed by atoms with van der Waals surface area (Å²) in [5.41, 5.74) is 7.30. The van der Waals surface area contributed by atoms with E-state index in [1.54, 1.807) is 24.3 Å². The number of carbonyl (C=O) groups is 1. The van der Waals surface area contributed by atoms with Gasteiger partial charge >= 0.3 is 0 Å². The van der Waals surface area contributed by atoms with Crippen LogP contribution in [0.1, 0.15) is 15.9 Å². The van der Waals surface area contributed by atoms with Crippen LogP contribution in [0.5, 0.6) is 0 Å². The summed E-state index contributed by atoms with van der Waals surface area (Å²) >= 11 is 5.65. The van der Waals surface area contributed by atoms with Gasteiger partial charge in [0.05, 0.1) is 16.3 Å². The fraction of sp³-hybridized carbons (Fsp3) is 0.0714. The molecule has 0 radical (unpaired) electrons. The lowest BCUT2D eigenvalue weighted by atomic mass is 10.1. The van der Waals surface area contributed by atoms with Gasteiger partial charge in [-0.15, -0.1) is 0 Å². The van der Waals surface area contributed by atoms with Crippen LogP contribution in [0.15, 0.2) is 36.4 Å². The van der Waals surface area contributed by atoms with Crippen LogP contribution in [0.2, 0.25) is 5.02 Å². The molecule has 98 valence electrons. The molecule has 0 aromatic heterocycles. The maximum Gasteiger partial charge on any atom is 0.257 e. The van der Waals surface area contributed by atoms with Gasteiger partial charge in [-0.3, -0.25) is 4.79 Å². The van der Waals surface area contributed by atoms with Crippen LogP contribution in [-0.4, -0.2) is 5.91 Å². The predicted octanol–water partition coefficient (Wildman–Crippen LogP) is 3.62. The predicted molar refractivity (Wildman–Crippen MR) is 75.0 cm³/mol. The Bertz CT molecular complexity index is 643. The smallest absolute Gasteiger partial charge is 0.257 e. The maximum atomic E-state index is 13.7. The van der Waals surface area contributed by atoms with Gasteiger partial charge in [0, 0.05) is 5.69 Å². The van der Waals surface area contributed by atoms with Crippen LogP contribution >= 0.6 is 11.6 Å². The van der Waals surface area contributed by atoms with E-state index in [0.29, 0.717) is 11.3 Å². The first-order chi connectivity index (χ1) is 8.99. The van der Waals surface area contributed by atoms with Crippen LogP contribution in [0.25, 0.3) is 0 Å². The highest BCUT2D eigenvalue weighted by Crippen LogP contribution is 2.23. The van der Waals surface area contributed by atoms with E-state index in [9.17, 15) is 9.18 Å². The van der Waals surface area contributed by atoms with Crippen LogP contribution in [-0.2, 0) is 0 Å². The van der Waals surface area contributed by atoms with E-state index >= 15 is 0 Å². The molecule has 0 saturated carbocycles. The van der Waals surface area contributed by atoms with Gasteiger partial charge in [0.25, 0.3) is 5.91 Å². The van der Waals surface area contributed by atoms with E-state index in [1.807, 2.05) is 6.92 Å². The quantitative estimate of drug-likeness (QED) is 0.824. The molecule has 2 aromatic carbocycles. The molecule has 0 fully saturated rings. The van der Waals surface area contributed by atoms with Crippen LogP contribution < -0.4 is 11.1 Å². The van der Waals surface area contributed by atoms with Gasteiger partial charge in [-0.25, -0.2) is 4.39 Å². The first-order valence-electron chi connectivity index (χ1n) is 5.60. The molecule has 0 saturated heterocycles. The third kappa shape index (κ3) is 2.85. The number of nitrogen functional groups attached to an aromatic ring is 1. The second-order valence-electron chi connectivity index (χ2n) is 4.15. The number of nitrogens with two attached hydrogens (primary N) is 1. The molecule has 0 atom stereocenters. The minimum Gasteiger partial charge on any atom is -0.398 e. The Morgan fingerprint density at radius 1 is 1.32 bits per heavy atom. The Morgan fingerprint density at radius 2 is 2.05 bits per heavy atom. The number of hydrogen-bond acceptors (Lipinski definition) is 2. The Morgan fingerprint density at radius 3 is 2.79 bits per heavy atom. The lowest BCUT2D eigenvalue weighted by molar-refractivity contribution is 0.102. The lowest BCUT2D eigenvalue weighted by Crippen LogP contribution is -2.15. The van der Waals surface area contributed by atoms with Crippen molar-refractivity contribution in [1.29, 1.82) is 0 Å². The average molecular weight is 279 g/mol. The van der Waals surface area contributed by atoms with Gasteiger partial charge in [-0.2, -0.15) is 0 Å². The van der Waals surface area contributed by atoms with E-state index < -0.39 is 11.7 Å². The van der Waals surface area contributed by atoms with Crippen molar-refractivity contribution in [3.8, 4) is 0 Å². The third-order valence-corrected chi connectivity index (χ3v) is 2.95. The van der Waals surface area contributed by atoms with E-state index in [1.165, 1.54) is 12.1 Å². The second-order valence-corrected chi connectivity index (χ2v) is 4.55. The molecule has 3 N–H and O–H groups in total. The van der Waals surface area contributed by atoms with Crippen molar-refractivity contribution in [3.63, 3.8) is 0 Å². The lowest BCUT2D eigenvalue weighted by Gasteiger charge is -2.09. The van der Waals surface area contributed by atoms with E-state index in [2.05, 4.69) is 5.32 Å². The number of rotatable bonds is 2. The van der Waals surface area contributed by atoms with Crippen molar-refractivity contribution in [2.24, 2.45) is 0 Å². The number of nitrogens with one attached hydrogen (secondary N) is 1. The van der Waals surface area contributed by atoms with Gasteiger partial charge < -0.3 is 11.1 Å². The molecule has 0 bridgehead atoms. The Kier molecular flexibility index (Phi) is 3.71. The summed E-state index contributed by atoms with van der Waals surface area (Å²) in [5.74, 6) is -1.13. The van der Waals surface area contributed by atoms with Gasteiger partial charge in [-0.05, 0) is 31.2 Å². The summed E-state index contributed by atoms with van der Waals surface area (Å²) in [4.78, 5) is 12.0. The summed E-state index contributed by atoms with van der Waals surface area (Å²) in [5, 5.41) is 2.41. The third-order valence-electron chi connectivity index (χ3n) is 2.65. The normalized spacial score (nSPS) is 10.3. The Hall–Kier alpha value is -2.07. The minimum atomic E-state index is -0.663. The molecule has 0 heterocycles. The van der Waals surface area contributed by atoms with Gasteiger partial charge in [-0.1, -0.05) is 29.3 Å². The van der Waals surface area contributed by atoms with Crippen LogP contribution in [0.4, 0.5) is 15.8 Å². The number of halogens is 2. The average Bonchev–Trinajstić information content (AvgIpc) is 2.38. The number of hydrogen-bond donors (Lipinski definition) is 2. The standard InChI is InChI=1S/C14H12ClFN2O/c1-8-5-6-11(17)9(7-8)14(19)18-12-4-2-3-10(15)13(12)16/h2-7H,17H2,1H3,(H,18,19). The van der Waals surface area contributed by atoms with E-state index in [4.69, 9.17) is 17.3 Å². The van der Waals surface area contributed by atoms with Gasteiger partial charge in [0.1, 0.15) is 0 Å². The zero-order valence-corrected chi connectivity index (χ0v) is 11.0. The molecule has 0 unspecified atom stereocenters. The van der Waals surface area contributed by atoms with Crippen molar-refractivity contribution >= 4 is 28.9 Å². The first-order valence-corrected chi connectivity index (χ1v) is 5.98. The highest BCUT2D eigenvalue weighted by Gasteiger charge is 2.13. The molecule has 0 aliphatic heterocycles. The van der Waals surface area contributed by atoms with Crippen molar-refractivity contribution < 1.29 is 9.18 Å². The molecule has 3 nitrogen and oxygen atoms in total. The van der Waals surface area contributed by atoms with Crippen molar-refractivity contribution in [1.82, 2.24) is 0 Å². The molecule has 0 aliphatic rings. The summed E-state index contributed by atoms with van der Waals surface area (Å²) in [6.45, 7) is 1.84. The second kappa shape index (κ2) is 5.28. The monoisotopic (exact) mass is 278 g/mol. The molecule has 5 heteroatoms. The van der Waals surface area contributed by atoms with Crippen LogP contribution in [0, 0.1) is 12.7 Å². The Balaban J connectivity index is 2.31. The molecule has 0 aliphatic carbocycles. The van der Waals surface area contributed by atoms with Crippen molar-refractivity contribution in [2.75, 3.05) is 11.1 Å². The first kappa shape index (κ1) is 13.4. The fourth-order valence-corrected chi connectivity index (χ4v) is 1.83. The zero-order chi connectivity index (χ0) is 14.0. The van der Waals surface area contributed by atoms with E-state index in [0.717, 1.165) is 5.56 Å². The molecular formula is C14H12ClFN2O. The van der Waals surface area contributed by atoms with Crippen molar-refractivity contribution in [2.45, 2.75) is 6.92 Å². The highest BCUT2D eigenvalue weighted by molar-refractivity contribution is 6.31. The van der Waals surface area contributed by atoms with Crippen LogP contribution in [0.3, 0.4) is 0 Å². The highest BCUT2D eigenvalue weighted by atomic mass is 35.5. The molecule has 1 amide bonds. The molecule has 0 spiro atoms. The van der Waals surface area contributed by atoms with E-state index in [-0.39, 0.29) is 10.7 Å². The summed E-state index contributed by atoms with van der Waals surface area (Å²) in [7, 11) is 0. The van der Waals surface area contributed by atoms with Crippen molar-refractivity contribution in [3.05, 3.63) is 58.4 Å². The number of amides is 1. The zero-order valence-electron chi connectivity index (χ0n) is 10.2. The topological polar surface area (TPSA) is 55.1 Å². The summed E-state index contributed by atoms with van der Waals surface area (Å²) < 4.78 is 13.7. The molecular weight excluding hydrogens is 267 g/mol. The molecule has 2 rings (SSSR count).